The minimum Gasteiger partial charge on any atom is -0.330 e. The van der Waals surface area contributed by atoms with Gasteiger partial charge in [-0.05, 0) is 60.7 Å². The molecular weight excluding hydrogens is 537 g/mol. The van der Waals surface area contributed by atoms with Crippen LogP contribution in [0.5, 0.6) is 0 Å². The van der Waals surface area contributed by atoms with Crippen LogP contribution in [-0.4, -0.2) is 58.9 Å². The van der Waals surface area contributed by atoms with Crippen LogP contribution in [0.2, 0.25) is 10.0 Å². The van der Waals surface area contributed by atoms with Gasteiger partial charge in [-0.2, -0.15) is 5.10 Å². The van der Waals surface area contributed by atoms with Crippen molar-refractivity contribution in [2.24, 2.45) is 0 Å². The van der Waals surface area contributed by atoms with Gasteiger partial charge in [-0.1, -0.05) is 49.2 Å². The fraction of sp³-hybridized carbons (Fsp3) is 0.310. The summed E-state index contributed by atoms with van der Waals surface area (Å²) in [5.74, 6) is -0.184. The lowest BCUT2D eigenvalue weighted by molar-refractivity contribution is -0.104. The maximum absolute atomic E-state index is 14.2. The molecule has 3 aromatic rings. The largest absolute Gasteiger partial charge is 0.330 e. The summed E-state index contributed by atoms with van der Waals surface area (Å²) in [6, 6.07) is 10.1. The average Bonchev–Trinajstić information content (AvgIpc) is 3.38. The highest BCUT2D eigenvalue weighted by Crippen LogP contribution is 2.47. The minimum absolute atomic E-state index is 0.123. The Morgan fingerprint density at radius 3 is 2.26 bits per heavy atom. The summed E-state index contributed by atoms with van der Waals surface area (Å²) < 4.78 is 1.55. The Morgan fingerprint density at radius 1 is 1.03 bits per heavy atom. The highest BCUT2D eigenvalue weighted by molar-refractivity contribution is 6.31. The van der Waals surface area contributed by atoms with Crippen LogP contribution in [0.25, 0.3) is 5.82 Å². The Bertz CT molecular complexity index is 1510. The molecule has 0 aliphatic carbocycles. The van der Waals surface area contributed by atoms with E-state index < -0.39 is 6.04 Å². The van der Waals surface area contributed by atoms with Gasteiger partial charge in [0.05, 0.1) is 11.7 Å². The van der Waals surface area contributed by atoms with Crippen molar-refractivity contribution in [2.45, 2.75) is 39.7 Å². The highest BCUT2D eigenvalue weighted by atomic mass is 35.5. The topological polar surface area (TPSA) is 78.8 Å². The lowest BCUT2D eigenvalue weighted by atomic mass is 9.91. The van der Waals surface area contributed by atoms with Gasteiger partial charge in [0, 0.05) is 48.5 Å². The van der Waals surface area contributed by atoms with Crippen LogP contribution in [0.4, 0.5) is 10.5 Å². The number of hydrogen-bond donors (Lipinski definition) is 0. The van der Waals surface area contributed by atoms with Gasteiger partial charge in [-0.25, -0.2) is 9.48 Å². The van der Waals surface area contributed by atoms with Gasteiger partial charge >= 0.3 is 6.03 Å². The molecule has 1 aliphatic rings. The van der Waals surface area contributed by atoms with Gasteiger partial charge in [0.15, 0.2) is 5.69 Å². The maximum atomic E-state index is 14.2. The normalized spacial score (nSPS) is 15.1. The summed E-state index contributed by atoms with van der Waals surface area (Å²) in [5, 5.41) is 5.85. The molecule has 0 saturated heterocycles. The molecular formula is C29H31Cl2N5O3. The number of aromatic nitrogens is 2. The molecule has 1 atom stereocenters. The third kappa shape index (κ3) is 4.94. The van der Waals surface area contributed by atoms with Gasteiger partial charge < -0.3 is 4.90 Å². The van der Waals surface area contributed by atoms with E-state index in [1.54, 1.807) is 48.9 Å². The lowest BCUT2D eigenvalue weighted by Crippen LogP contribution is -2.38. The standard InChI is InChI=1S/C29H31Cl2N5O3/c1-16(2)26-24-25(32-36(26)23(12-13-37)34(7)29(39)33(5)6)28(38)35(22-15-20(31)9-8-17(22)3)27(24)21-11-10-19(30)14-18(21)4/h8-16,27H,1-7H3/b23-12+. The molecule has 1 aliphatic heterocycles. The van der Waals surface area contributed by atoms with Crippen molar-refractivity contribution >= 4 is 52.9 Å². The van der Waals surface area contributed by atoms with Crippen LogP contribution in [0.1, 0.15) is 64.2 Å². The van der Waals surface area contributed by atoms with Crippen molar-refractivity contribution in [2.75, 3.05) is 26.0 Å². The van der Waals surface area contributed by atoms with E-state index >= 15 is 0 Å². The smallest absolute Gasteiger partial charge is 0.324 e. The van der Waals surface area contributed by atoms with Crippen molar-refractivity contribution < 1.29 is 14.4 Å². The van der Waals surface area contributed by atoms with Crippen LogP contribution < -0.4 is 4.90 Å². The van der Waals surface area contributed by atoms with Gasteiger partial charge in [0.1, 0.15) is 12.1 Å². The number of carbonyl (C=O) groups is 3. The van der Waals surface area contributed by atoms with Crippen molar-refractivity contribution in [1.29, 1.82) is 0 Å². The molecule has 0 radical (unpaired) electrons. The number of urea groups is 1. The molecule has 2 heterocycles. The number of hydrogen-bond acceptors (Lipinski definition) is 4. The molecule has 1 unspecified atom stereocenters. The molecule has 2 aromatic carbocycles. The SMILES string of the molecule is Cc1cc(Cl)ccc1C1c2c(nn(/C(=C/C=O)N(C)C(=O)N(C)C)c2C(C)C)C(=O)N1c1cc(Cl)ccc1C. The van der Waals surface area contributed by atoms with Crippen LogP contribution in [0, 0.1) is 13.8 Å². The zero-order valence-electron chi connectivity index (χ0n) is 23.0. The first-order chi connectivity index (χ1) is 18.4. The van der Waals surface area contributed by atoms with Crippen molar-refractivity contribution in [3.8, 4) is 0 Å². The summed E-state index contributed by atoms with van der Waals surface area (Å²) in [7, 11) is 4.81. The number of halogens is 2. The Balaban J connectivity index is 2.05. The van der Waals surface area contributed by atoms with E-state index in [-0.39, 0.29) is 29.4 Å². The summed E-state index contributed by atoms with van der Waals surface area (Å²) in [6.45, 7) is 7.86. The zero-order chi connectivity index (χ0) is 28.8. The Labute approximate surface area is 238 Å². The Hall–Kier alpha value is -3.62. The third-order valence-electron chi connectivity index (χ3n) is 6.86. The fourth-order valence-corrected chi connectivity index (χ4v) is 5.47. The number of anilines is 1. The van der Waals surface area contributed by atoms with E-state index in [9.17, 15) is 14.4 Å². The molecule has 8 nitrogen and oxygen atoms in total. The minimum atomic E-state index is -0.541. The summed E-state index contributed by atoms with van der Waals surface area (Å²) in [6.07, 6.45) is 1.89. The molecule has 0 fully saturated rings. The molecule has 0 N–H and O–H groups in total. The Morgan fingerprint density at radius 2 is 1.67 bits per heavy atom. The first-order valence-electron chi connectivity index (χ1n) is 12.5. The van der Waals surface area contributed by atoms with E-state index in [0.29, 0.717) is 33.3 Å². The predicted molar refractivity (Wildman–Crippen MR) is 155 cm³/mol. The van der Waals surface area contributed by atoms with E-state index in [0.717, 1.165) is 16.7 Å². The van der Waals surface area contributed by atoms with Crippen LogP contribution in [-0.2, 0) is 4.79 Å². The molecule has 1 aromatic heterocycles. The second kappa shape index (κ2) is 10.9. The van der Waals surface area contributed by atoms with Crippen LogP contribution >= 0.6 is 23.2 Å². The highest BCUT2D eigenvalue weighted by Gasteiger charge is 2.46. The van der Waals surface area contributed by atoms with Crippen LogP contribution in [0.15, 0.2) is 42.5 Å². The van der Waals surface area contributed by atoms with E-state index in [4.69, 9.17) is 28.3 Å². The van der Waals surface area contributed by atoms with Gasteiger partial charge in [-0.3, -0.25) is 19.4 Å². The number of aldehydes is 1. The monoisotopic (exact) mass is 567 g/mol. The van der Waals surface area contributed by atoms with Crippen LogP contribution in [0.3, 0.4) is 0 Å². The number of nitrogens with zero attached hydrogens (tertiary/aromatic N) is 5. The number of allylic oxidation sites excluding steroid dienone is 1. The first-order valence-corrected chi connectivity index (χ1v) is 13.2. The molecule has 4 rings (SSSR count). The van der Waals surface area contributed by atoms with Crippen molar-refractivity contribution in [3.63, 3.8) is 0 Å². The molecule has 3 amide bonds. The second-order valence-corrected chi connectivity index (χ2v) is 11.0. The third-order valence-corrected chi connectivity index (χ3v) is 7.33. The summed E-state index contributed by atoms with van der Waals surface area (Å²) in [5.41, 5.74) is 5.02. The van der Waals surface area contributed by atoms with Gasteiger partial charge in [-0.15, -0.1) is 0 Å². The number of benzene rings is 2. The molecule has 0 bridgehead atoms. The molecule has 10 heteroatoms. The van der Waals surface area contributed by atoms with Crippen molar-refractivity contribution in [1.82, 2.24) is 19.6 Å². The van der Waals surface area contributed by atoms with E-state index in [1.807, 2.05) is 45.9 Å². The summed E-state index contributed by atoms with van der Waals surface area (Å²) >= 11 is 12.7. The number of aryl methyl sites for hydroxylation is 2. The predicted octanol–water partition coefficient (Wildman–Crippen LogP) is 6.29. The average molecular weight is 569 g/mol. The molecule has 0 spiro atoms. The first kappa shape index (κ1) is 28.4. The van der Waals surface area contributed by atoms with Crippen molar-refractivity contribution in [3.05, 3.63) is 86.2 Å². The summed E-state index contributed by atoms with van der Waals surface area (Å²) in [4.78, 5) is 43.3. The molecule has 39 heavy (non-hydrogen) atoms. The van der Waals surface area contributed by atoms with E-state index in [2.05, 4.69) is 0 Å². The zero-order valence-corrected chi connectivity index (χ0v) is 24.5. The fourth-order valence-electron chi connectivity index (χ4n) is 5.08. The molecule has 0 saturated carbocycles. The maximum Gasteiger partial charge on any atom is 0.324 e. The second-order valence-electron chi connectivity index (χ2n) is 10.1. The Kier molecular flexibility index (Phi) is 7.91. The number of carbonyl (C=O) groups excluding carboxylic acids is 3. The lowest BCUT2D eigenvalue weighted by Gasteiger charge is -2.31. The number of amides is 3. The number of fused-ring (bicyclic) bond motifs is 1. The number of rotatable bonds is 6. The van der Waals surface area contributed by atoms with Gasteiger partial charge in [0.2, 0.25) is 0 Å². The quantitative estimate of drug-likeness (QED) is 0.259. The molecule has 204 valence electrons. The van der Waals surface area contributed by atoms with E-state index in [1.165, 1.54) is 15.9 Å². The van der Waals surface area contributed by atoms with Gasteiger partial charge in [0.25, 0.3) is 5.91 Å².